The molecule has 0 spiro atoms. The molecule has 0 bridgehead atoms. The highest BCUT2D eigenvalue weighted by Gasteiger charge is 2.44. The molecule has 3 aromatic carbocycles. The molecule has 0 amide bonds. The number of methoxy groups -OCH3 is 2. The Balaban J connectivity index is 2.51. The average molecular weight is 487 g/mol. The SMILES string of the molecule is COC(C=P(c1ccccc1)(c1ccccc1)c1ccccc1)(OC)C(Br)C(=O)O. The molecular formula is C24H24BrO4P. The van der Waals surface area contributed by atoms with Gasteiger partial charge in [0.2, 0.25) is 5.79 Å². The zero-order valence-corrected chi connectivity index (χ0v) is 19.3. The Morgan fingerprint density at radius 1 is 0.833 bits per heavy atom. The highest BCUT2D eigenvalue weighted by Crippen LogP contribution is 2.46. The molecule has 4 nitrogen and oxygen atoms in total. The van der Waals surface area contributed by atoms with Gasteiger partial charge in [-0.2, -0.15) is 0 Å². The van der Waals surface area contributed by atoms with E-state index in [1.165, 1.54) is 14.2 Å². The highest BCUT2D eigenvalue weighted by molar-refractivity contribution is 9.10. The van der Waals surface area contributed by atoms with Gasteiger partial charge in [-0.1, -0.05) is 107 Å². The van der Waals surface area contributed by atoms with Crippen molar-refractivity contribution >= 4 is 50.5 Å². The second-order valence-electron chi connectivity index (χ2n) is 6.69. The quantitative estimate of drug-likeness (QED) is 0.300. The minimum absolute atomic E-state index is 1.07. The van der Waals surface area contributed by atoms with Crippen LogP contribution < -0.4 is 15.9 Å². The largest absolute Gasteiger partial charge is 0.480 e. The molecule has 0 radical (unpaired) electrons. The topological polar surface area (TPSA) is 55.8 Å². The third-order valence-electron chi connectivity index (χ3n) is 5.07. The number of carboxylic acid groups (broad SMARTS) is 1. The molecule has 0 saturated heterocycles. The van der Waals surface area contributed by atoms with Crippen LogP contribution in [0.5, 0.6) is 0 Å². The third-order valence-corrected chi connectivity index (χ3v) is 10.2. The van der Waals surface area contributed by atoms with E-state index >= 15 is 0 Å². The summed E-state index contributed by atoms with van der Waals surface area (Å²) >= 11 is 3.29. The van der Waals surface area contributed by atoms with Crippen molar-refractivity contribution in [2.75, 3.05) is 14.2 Å². The zero-order chi connectivity index (χ0) is 21.6. The Kier molecular flexibility index (Phi) is 7.32. The maximum Gasteiger partial charge on any atom is 0.323 e. The number of alkyl halides is 1. The van der Waals surface area contributed by atoms with Crippen molar-refractivity contribution in [2.24, 2.45) is 0 Å². The van der Waals surface area contributed by atoms with Crippen LogP contribution >= 0.6 is 22.8 Å². The molecule has 0 aliphatic rings. The van der Waals surface area contributed by atoms with Crippen LogP contribution in [-0.2, 0) is 14.3 Å². The monoisotopic (exact) mass is 486 g/mol. The second kappa shape index (κ2) is 9.76. The van der Waals surface area contributed by atoms with E-state index in [1.807, 2.05) is 60.4 Å². The molecule has 0 aliphatic carbocycles. The molecule has 6 heteroatoms. The van der Waals surface area contributed by atoms with E-state index in [2.05, 4.69) is 52.3 Å². The molecule has 3 aromatic rings. The van der Waals surface area contributed by atoms with Gasteiger partial charge in [-0.05, 0) is 28.6 Å². The lowest BCUT2D eigenvalue weighted by molar-refractivity contribution is -0.167. The van der Waals surface area contributed by atoms with Crippen LogP contribution in [0.2, 0.25) is 0 Å². The van der Waals surface area contributed by atoms with E-state index in [4.69, 9.17) is 9.47 Å². The predicted octanol–water partition coefficient (Wildman–Crippen LogP) is 3.62. The number of carbonyl (C=O) groups is 1. The van der Waals surface area contributed by atoms with Gasteiger partial charge in [0, 0.05) is 14.2 Å². The third kappa shape index (κ3) is 4.17. The van der Waals surface area contributed by atoms with Crippen LogP contribution in [0, 0.1) is 0 Å². The van der Waals surface area contributed by atoms with E-state index in [0.29, 0.717) is 0 Å². The van der Waals surface area contributed by atoms with Crippen molar-refractivity contribution in [3.05, 3.63) is 91.0 Å². The molecule has 0 heterocycles. The van der Waals surface area contributed by atoms with Crippen molar-refractivity contribution in [1.82, 2.24) is 0 Å². The molecule has 1 unspecified atom stereocenters. The summed E-state index contributed by atoms with van der Waals surface area (Å²) in [6.45, 7) is -2.47. The van der Waals surface area contributed by atoms with Crippen molar-refractivity contribution in [3.63, 3.8) is 0 Å². The van der Waals surface area contributed by atoms with Gasteiger partial charge in [0.25, 0.3) is 0 Å². The van der Waals surface area contributed by atoms with E-state index in [1.54, 1.807) is 0 Å². The first-order valence-electron chi connectivity index (χ1n) is 9.40. The van der Waals surface area contributed by atoms with Crippen LogP contribution in [0.25, 0.3) is 0 Å². The smallest absolute Gasteiger partial charge is 0.323 e. The van der Waals surface area contributed by atoms with Crippen molar-refractivity contribution in [3.8, 4) is 0 Å². The first-order chi connectivity index (χ1) is 14.5. The summed E-state index contributed by atoms with van der Waals surface area (Å²) in [6, 6.07) is 30.3. The van der Waals surface area contributed by atoms with Gasteiger partial charge in [-0.3, -0.25) is 4.79 Å². The average Bonchev–Trinajstić information content (AvgIpc) is 2.82. The zero-order valence-electron chi connectivity index (χ0n) is 16.8. The van der Waals surface area contributed by atoms with E-state index in [0.717, 1.165) is 15.9 Å². The summed E-state index contributed by atoms with van der Waals surface area (Å²) in [5.41, 5.74) is 0. The molecule has 0 saturated carbocycles. The number of hydrogen-bond acceptors (Lipinski definition) is 3. The Morgan fingerprint density at radius 2 is 1.17 bits per heavy atom. The maximum absolute atomic E-state index is 11.9. The lowest BCUT2D eigenvalue weighted by Crippen LogP contribution is -2.50. The van der Waals surface area contributed by atoms with Crippen molar-refractivity contribution in [2.45, 2.75) is 10.6 Å². The standard InChI is InChI=1S/C24H24BrO4P/c1-28-24(29-2,22(25)23(26)27)18-30(19-12-6-3-7-13-19,20-14-8-4-9-15-20)21-16-10-5-11-17-21/h3-18,22H,1-2H3,(H,26,27). The number of halogens is 1. The number of rotatable bonds is 8. The fourth-order valence-corrected chi connectivity index (χ4v) is 8.44. The summed E-state index contributed by atoms with van der Waals surface area (Å²) in [4.78, 5) is 10.8. The first kappa shape index (κ1) is 22.5. The van der Waals surface area contributed by atoms with Crippen LogP contribution in [0.3, 0.4) is 0 Å². The van der Waals surface area contributed by atoms with Crippen molar-refractivity contribution < 1.29 is 19.4 Å². The van der Waals surface area contributed by atoms with E-state index in [9.17, 15) is 9.90 Å². The van der Waals surface area contributed by atoms with Gasteiger partial charge in [-0.25, -0.2) is 0 Å². The Labute approximate surface area is 185 Å². The van der Waals surface area contributed by atoms with E-state index < -0.39 is 23.5 Å². The molecule has 30 heavy (non-hydrogen) atoms. The summed E-state index contributed by atoms with van der Waals surface area (Å²) in [7, 11) is 2.93. The predicted molar refractivity (Wildman–Crippen MR) is 128 cm³/mol. The Morgan fingerprint density at radius 3 is 1.43 bits per heavy atom. The minimum Gasteiger partial charge on any atom is -0.480 e. The molecule has 0 fully saturated rings. The van der Waals surface area contributed by atoms with Gasteiger partial charge < -0.3 is 14.6 Å². The molecule has 3 rings (SSSR count). The summed E-state index contributed by atoms with van der Waals surface area (Å²) < 4.78 is 11.5. The minimum atomic E-state index is -2.47. The number of ether oxygens (including phenoxy) is 2. The fourth-order valence-electron chi connectivity index (χ4n) is 3.56. The summed E-state index contributed by atoms with van der Waals surface area (Å²) in [6.07, 6.45) is 0. The first-order valence-corrected chi connectivity index (χ1v) is 12.2. The van der Waals surface area contributed by atoms with Gasteiger partial charge in [0.05, 0.1) is 0 Å². The highest BCUT2D eigenvalue weighted by atomic mass is 79.9. The summed E-state index contributed by atoms with van der Waals surface area (Å²) in [5.74, 6) is -0.614. The molecule has 1 N–H and O–H groups in total. The molecular weight excluding hydrogens is 463 g/mol. The van der Waals surface area contributed by atoms with Gasteiger partial charge in [0.15, 0.2) is 4.83 Å². The van der Waals surface area contributed by atoms with Crippen LogP contribution in [-0.4, -0.2) is 41.7 Å². The number of benzene rings is 3. The fraction of sp³-hybridized carbons (Fsp3) is 0.167. The number of hydrogen-bond donors (Lipinski definition) is 1. The van der Waals surface area contributed by atoms with Crippen LogP contribution in [0.15, 0.2) is 91.0 Å². The normalized spacial score (nSPS) is 12.9. The lowest BCUT2D eigenvalue weighted by Gasteiger charge is -2.37. The Hall–Kier alpha value is -2.17. The van der Waals surface area contributed by atoms with Crippen LogP contribution in [0.4, 0.5) is 0 Å². The van der Waals surface area contributed by atoms with Gasteiger partial charge in [-0.15, -0.1) is 0 Å². The van der Waals surface area contributed by atoms with Crippen molar-refractivity contribution in [1.29, 1.82) is 0 Å². The van der Waals surface area contributed by atoms with E-state index in [-0.39, 0.29) is 0 Å². The second-order valence-corrected chi connectivity index (χ2v) is 10.9. The molecule has 156 valence electrons. The number of carboxylic acids is 1. The molecule has 0 aromatic heterocycles. The number of aliphatic carboxylic acids is 1. The molecule has 0 aliphatic heterocycles. The Bertz CT molecular complexity index is 915. The maximum atomic E-state index is 11.9. The summed E-state index contributed by atoms with van der Waals surface area (Å²) in [5, 5.41) is 13.0. The van der Waals surface area contributed by atoms with Crippen LogP contribution in [0.1, 0.15) is 0 Å². The van der Waals surface area contributed by atoms with Gasteiger partial charge >= 0.3 is 5.97 Å². The molecule has 1 atom stereocenters. The van der Waals surface area contributed by atoms with Gasteiger partial charge in [0.1, 0.15) is 0 Å². The lowest BCUT2D eigenvalue weighted by atomic mass is 10.2.